The molecule has 0 aromatic rings. The second-order valence-corrected chi connectivity index (χ2v) is 6.36. The fourth-order valence-corrected chi connectivity index (χ4v) is 2.74. The number of hydrogen-bond acceptors (Lipinski definition) is 5. The van der Waals surface area contributed by atoms with Crippen LogP contribution in [0.4, 0.5) is 0 Å². The zero-order chi connectivity index (χ0) is 18.8. The van der Waals surface area contributed by atoms with Crippen LogP contribution in [0.25, 0.3) is 4.85 Å². The summed E-state index contributed by atoms with van der Waals surface area (Å²) in [6, 6.07) is 4.46. The van der Waals surface area contributed by atoms with Crippen molar-refractivity contribution in [2.24, 2.45) is 5.73 Å². The third-order valence-corrected chi connectivity index (χ3v) is 4.24. The number of carbonyl (C=O) groups is 1. The van der Waals surface area contributed by atoms with E-state index in [0.29, 0.717) is 25.3 Å². The quantitative estimate of drug-likeness (QED) is 0.568. The average molecular weight is 345 g/mol. The van der Waals surface area contributed by atoms with Gasteiger partial charge in [-0.25, -0.2) is 6.57 Å². The maximum atomic E-state index is 10.2. The number of hydrogen-bond donors (Lipinski definition) is 2. The largest absolute Gasteiger partial charge is 0.330 e. The lowest BCUT2D eigenvalue weighted by Gasteiger charge is -2.21. The topological polar surface area (TPSA) is 107 Å². The summed E-state index contributed by atoms with van der Waals surface area (Å²) >= 11 is 0. The van der Waals surface area contributed by atoms with Gasteiger partial charge in [0.25, 0.3) is 0 Å². The normalized spacial score (nSPS) is 17.1. The minimum absolute atomic E-state index is 0.268. The zero-order valence-electron chi connectivity index (χ0n) is 15.2. The van der Waals surface area contributed by atoms with Gasteiger partial charge in [-0.2, -0.15) is 10.5 Å². The van der Waals surface area contributed by atoms with Crippen molar-refractivity contribution >= 4 is 5.78 Å². The molecule has 0 saturated heterocycles. The van der Waals surface area contributed by atoms with Gasteiger partial charge < -0.3 is 10.6 Å². The number of rotatable bonds is 6. The molecule has 25 heavy (non-hydrogen) atoms. The van der Waals surface area contributed by atoms with Crippen molar-refractivity contribution in [2.45, 2.75) is 76.2 Å². The van der Waals surface area contributed by atoms with E-state index >= 15 is 0 Å². The van der Waals surface area contributed by atoms with Crippen molar-refractivity contribution in [3.8, 4) is 12.1 Å². The lowest BCUT2D eigenvalue weighted by molar-refractivity contribution is -0.117. The molecule has 2 fully saturated rings. The van der Waals surface area contributed by atoms with Crippen molar-refractivity contribution in [1.82, 2.24) is 5.32 Å². The van der Waals surface area contributed by atoms with E-state index in [1.807, 2.05) is 0 Å². The molecule has 0 spiro atoms. The van der Waals surface area contributed by atoms with E-state index in [4.69, 9.17) is 22.8 Å². The Balaban J connectivity index is 0.000000399. The Morgan fingerprint density at radius 3 is 2.16 bits per heavy atom. The Bertz CT molecular complexity index is 470. The number of carbonyl (C=O) groups excluding carboxylic acids is 1. The molecule has 0 aromatic heterocycles. The molecule has 2 aliphatic rings. The summed E-state index contributed by atoms with van der Waals surface area (Å²) in [4.78, 5) is 13.3. The molecule has 2 saturated carbocycles. The molecule has 6 heteroatoms. The number of nitrogens with one attached hydrogen (secondary N) is 1. The van der Waals surface area contributed by atoms with Crippen LogP contribution >= 0.6 is 0 Å². The van der Waals surface area contributed by atoms with Crippen molar-refractivity contribution in [1.29, 1.82) is 10.5 Å². The molecule has 0 aliphatic heterocycles. The van der Waals surface area contributed by atoms with E-state index in [1.165, 1.54) is 0 Å². The van der Waals surface area contributed by atoms with Crippen molar-refractivity contribution in [2.75, 3.05) is 19.6 Å². The molecular formula is C19H31N5O. The van der Waals surface area contributed by atoms with Crippen molar-refractivity contribution in [3.05, 3.63) is 11.4 Å². The van der Waals surface area contributed by atoms with Crippen LogP contribution in [0.3, 0.4) is 0 Å². The van der Waals surface area contributed by atoms with Crippen LogP contribution in [0.5, 0.6) is 0 Å². The Labute approximate surface area is 152 Å². The highest BCUT2D eigenvalue weighted by Crippen LogP contribution is 2.28. The van der Waals surface area contributed by atoms with E-state index < -0.39 is 0 Å². The van der Waals surface area contributed by atoms with E-state index in [0.717, 1.165) is 70.8 Å². The SMILES string of the molecule is N#CCCCNC1(C#N)CCCC1.O=C1CCCC1.[C-]#[N+]CCCN. The summed E-state index contributed by atoms with van der Waals surface area (Å²) in [6.45, 7) is 8.29. The first-order chi connectivity index (χ1) is 12.1. The van der Waals surface area contributed by atoms with Crippen LogP contribution in [0.1, 0.15) is 70.6 Å². The Morgan fingerprint density at radius 2 is 1.80 bits per heavy atom. The van der Waals surface area contributed by atoms with Gasteiger partial charge in [-0.15, -0.1) is 0 Å². The monoisotopic (exact) mass is 345 g/mol. The molecule has 138 valence electrons. The fraction of sp³-hybridized carbons (Fsp3) is 0.789. The van der Waals surface area contributed by atoms with Gasteiger partial charge in [-0.05, 0) is 45.2 Å². The summed E-state index contributed by atoms with van der Waals surface area (Å²) in [5.74, 6) is 0.454. The summed E-state index contributed by atoms with van der Waals surface area (Å²) in [7, 11) is 0. The van der Waals surface area contributed by atoms with Gasteiger partial charge in [-0.3, -0.25) is 10.1 Å². The van der Waals surface area contributed by atoms with Crippen LogP contribution < -0.4 is 11.1 Å². The minimum Gasteiger partial charge on any atom is -0.330 e. The predicted octanol–water partition coefficient (Wildman–Crippen LogP) is 3.10. The van der Waals surface area contributed by atoms with Crippen LogP contribution in [-0.2, 0) is 4.79 Å². The Kier molecular flexibility index (Phi) is 14.4. The van der Waals surface area contributed by atoms with Gasteiger partial charge in [0.15, 0.2) is 0 Å². The van der Waals surface area contributed by atoms with Crippen molar-refractivity contribution < 1.29 is 4.79 Å². The molecule has 0 bridgehead atoms. The maximum Gasteiger partial charge on any atom is 0.215 e. The second-order valence-electron chi connectivity index (χ2n) is 6.36. The van der Waals surface area contributed by atoms with Crippen LogP contribution in [0.15, 0.2) is 0 Å². The van der Waals surface area contributed by atoms with E-state index in [2.05, 4.69) is 22.3 Å². The molecule has 0 amide bonds. The zero-order valence-corrected chi connectivity index (χ0v) is 15.2. The number of nitrogens with two attached hydrogens (primary N) is 1. The minimum atomic E-state index is -0.268. The van der Waals surface area contributed by atoms with Gasteiger partial charge in [0.1, 0.15) is 11.3 Å². The predicted molar refractivity (Wildman–Crippen MR) is 98.3 cm³/mol. The number of unbranched alkanes of at least 4 members (excludes halogenated alkanes) is 1. The van der Waals surface area contributed by atoms with Crippen molar-refractivity contribution in [3.63, 3.8) is 0 Å². The first kappa shape index (κ1) is 23.1. The standard InChI is InChI=1S/C10H15N3.C5H8O.C4H8N2/c11-7-3-4-8-13-10(9-12)5-1-2-6-10;6-5-3-1-2-4-5;1-6-4-2-3-5/h13H,1-6,8H2;1-4H2;2-5H2. The summed E-state index contributed by atoms with van der Waals surface area (Å²) < 4.78 is 0. The number of Topliss-reactive ketones (excluding diaryl/α,β-unsaturated/α-hetero) is 1. The highest BCUT2D eigenvalue weighted by Gasteiger charge is 2.32. The molecule has 0 atom stereocenters. The molecule has 3 N–H and O–H groups in total. The first-order valence-electron chi connectivity index (χ1n) is 9.22. The van der Waals surface area contributed by atoms with Gasteiger partial charge in [-0.1, -0.05) is 12.8 Å². The Morgan fingerprint density at radius 1 is 1.16 bits per heavy atom. The number of ketones is 1. The summed E-state index contributed by atoms with van der Waals surface area (Å²) in [6.07, 6.45) is 10.5. The van der Waals surface area contributed by atoms with Crippen LogP contribution in [0, 0.1) is 29.2 Å². The van der Waals surface area contributed by atoms with Gasteiger partial charge in [0.2, 0.25) is 6.54 Å². The number of nitrogens with zero attached hydrogens (tertiary/aromatic N) is 3. The molecular weight excluding hydrogens is 314 g/mol. The van der Waals surface area contributed by atoms with Crippen LogP contribution in [0.2, 0.25) is 0 Å². The van der Waals surface area contributed by atoms with Crippen LogP contribution in [-0.4, -0.2) is 31.0 Å². The molecule has 6 nitrogen and oxygen atoms in total. The van der Waals surface area contributed by atoms with Gasteiger partial charge in [0.05, 0.1) is 12.1 Å². The molecule has 0 aromatic carbocycles. The highest BCUT2D eigenvalue weighted by atomic mass is 16.1. The second kappa shape index (κ2) is 15.6. The summed E-state index contributed by atoms with van der Waals surface area (Å²) in [5.41, 5.74) is 4.80. The molecule has 2 aliphatic carbocycles. The van der Waals surface area contributed by atoms with E-state index in [9.17, 15) is 4.79 Å². The third-order valence-electron chi connectivity index (χ3n) is 4.24. The fourth-order valence-electron chi connectivity index (χ4n) is 2.74. The van der Waals surface area contributed by atoms with E-state index in [1.54, 1.807) is 0 Å². The lowest BCUT2D eigenvalue weighted by Crippen LogP contribution is -2.41. The number of nitriles is 2. The molecule has 0 unspecified atom stereocenters. The Hall–Kier alpha value is -1.94. The first-order valence-corrected chi connectivity index (χ1v) is 9.22. The molecule has 0 radical (unpaired) electrons. The maximum absolute atomic E-state index is 10.2. The average Bonchev–Trinajstić information content (AvgIpc) is 3.30. The third kappa shape index (κ3) is 12.1. The highest BCUT2D eigenvalue weighted by molar-refractivity contribution is 5.80. The molecule has 2 rings (SSSR count). The molecule has 0 heterocycles. The van der Waals surface area contributed by atoms with E-state index in [-0.39, 0.29) is 5.54 Å². The summed E-state index contributed by atoms with van der Waals surface area (Å²) in [5, 5.41) is 20.6. The van der Waals surface area contributed by atoms with Gasteiger partial charge >= 0.3 is 0 Å². The van der Waals surface area contributed by atoms with Gasteiger partial charge in [0, 0.05) is 25.7 Å². The smallest absolute Gasteiger partial charge is 0.215 e. The lowest BCUT2D eigenvalue weighted by atomic mass is 10.00.